The minimum Gasteiger partial charge on any atom is -0.351 e. The zero-order chi connectivity index (χ0) is 14.0. The van der Waals surface area contributed by atoms with Gasteiger partial charge in [-0.3, -0.25) is 9.59 Å². The van der Waals surface area contributed by atoms with E-state index in [0.29, 0.717) is 25.1 Å². The summed E-state index contributed by atoms with van der Waals surface area (Å²) in [5.41, 5.74) is 0.492. The number of rotatable bonds is 1. The van der Waals surface area contributed by atoms with Crippen LogP contribution >= 0.6 is 0 Å². The van der Waals surface area contributed by atoms with Gasteiger partial charge in [0.25, 0.3) is 5.91 Å². The van der Waals surface area contributed by atoms with Crippen LogP contribution in [0.5, 0.6) is 0 Å². The van der Waals surface area contributed by atoms with Crippen molar-refractivity contribution in [3.8, 4) is 0 Å². The molecule has 2 saturated heterocycles. The summed E-state index contributed by atoms with van der Waals surface area (Å²) in [6, 6.07) is 1.68. The lowest BCUT2D eigenvalue weighted by Gasteiger charge is -2.44. The fourth-order valence-electron chi connectivity index (χ4n) is 3.12. The highest BCUT2D eigenvalue weighted by Crippen LogP contribution is 2.31. The maximum atomic E-state index is 12.3. The number of hydrogen-bond donors (Lipinski definition) is 1. The van der Waals surface area contributed by atoms with Gasteiger partial charge in [-0.05, 0) is 31.7 Å². The average molecular weight is 274 g/mol. The van der Waals surface area contributed by atoms with Gasteiger partial charge in [0.2, 0.25) is 5.91 Å². The maximum absolute atomic E-state index is 12.3. The van der Waals surface area contributed by atoms with Gasteiger partial charge in [-0.1, -0.05) is 0 Å². The minimum atomic E-state index is -0.0807. The van der Waals surface area contributed by atoms with Gasteiger partial charge in [-0.15, -0.1) is 0 Å². The molecule has 3 heterocycles. The third-order valence-electron chi connectivity index (χ3n) is 4.30. The Balaban J connectivity index is 1.64. The molecule has 0 aliphatic carbocycles. The largest absolute Gasteiger partial charge is 0.351 e. The molecule has 3 rings (SSSR count). The SMILES string of the molecule is O=C1CCCC2(CCN(C(=O)c3ccnnc3)CC2)N1. The first kappa shape index (κ1) is 13.0. The Morgan fingerprint density at radius 3 is 2.70 bits per heavy atom. The van der Waals surface area contributed by atoms with Crippen molar-refractivity contribution in [2.75, 3.05) is 13.1 Å². The molecule has 106 valence electrons. The van der Waals surface area contributed by atoms with Crippen LogP contribution in [0.1, 0.15) is 42.5 Å². The van der Waals surface area contributed by atoms with Crippen molar-refractivity contribution in [1.29, 1.82) is 0 Å². The molecule has 0 atom stereocenters. The van der Waals surface area contributed by atoms with Crippen molar-refractivity contribution < 1.29 is 9.59 Å². The van der Waals surface area contributed by atoms with E-state index in [-0.39, 0.29) is 17.4 Å². The van der Waals surface area contributed by atoms with Crippen LogP contribution in [0.15, 0.2) is 18.5 Å². The molecule has 0 radical (unpaired) electrons. The molecule has 2 aliphatic rings. The standard InChI is InChI=1S/C14H18N4O2/c19-12-2-1-4-14(17-12)5-8-18(9-6-14)13(20)11-3-7-15-16-10-11/h3,7,10H,1-2,4-6,8-9H2,(H,17,19). The molecule has 0 saturated carbocycles. The van der Waals surface area contributed by atoms with Crippen LogP contribution in [0, 0.1) is 0 Å². The molecule has 2 amide bonds. The summed E-state index contributed by atoms with van der Waals surface area (Å²) in [5.74, 6) is 0.145. The lowest BCUT2D eigenvalue weighted by molar-refractivity contribution is -0.125. The highest BCUT2D eigenvalue weighted by molar-refractivity contribution is 5.93. The molecule has 6 heteroatoms. The third-order valence-corrected chi connectivity index (χ3v) is 4.30. The number of hydrogen-bond acceptors (Lipinski definition) is 4. The second kappa shape index (κ2) is 5.19. The van der Waals surface area contributed by atoms with E-state index >= 15 is 0 Å². The number of amides is 2. The Hall–Kier alpha value is -1.98. The number of piperidine rings is 2. The van der Waals surface area contributed by atoms with Crippen molar-refractivity contribution in [2.45, 2.75) is 37.6 Å². The second-order valence-corrected chi connectivity index (χ2v) is 5.61. The highest BCUT2D eigenvalue weighted by Gasteiger charge is 2.39. The van der Waals surface area contributed by atoms with E-state index in [4.69, 9.17) is 0 Å². The number of carbonyl (C=O) groups is 2. The van der Waals surface area contributed by atoms with Crippen LogP contribution in [0.4, 0.5) is 0 Å². The molecule has 0 bridgehead atoms. The van der Waals surface area contributed by atoms with Crippen LogP contribution in [-0.2, 0) is 4.79 Å². The Morgan fingerprint density at radius 2 is 2.05 bits per heavy atom. The van der Waals surface area contributed by atoms with Crippen molar-refractivity contribution in [1.82, 2.24) is 20.4 Å². The van der Waals surface area contributed by atoms with Crippen molar-refractivity contribution in [2.24, 2.45) is 0 Å². The fourth-order valence-corrected chi connectivity index (χ4v) is 3.12. The number of carbonyl (C=O) groups excluding carboxylic acids is 2. The van der Waals surface area contributed by atoms with Gasteiger partial charge in [-0.2, -0.15) is 10.2 Å². The Morgan fingerprint density at radius 1 is 1.25 bits per heavy atom. The highest BCUT2D eigenvalue weighted by atomic mass is 16.2. The monoisotopic (exact) mass is 274 g/mol. The van der Waals surface area contributed by atoms with Crippen LogP contribution in [0.2, 0.25) is 0 Å². The second-order valence-electron chi connectivity index (χ2n) is 5.61. The Kier molecular flexibility index (Phi) is 3.38. The van der Waals surface area contributed by atoms with E-state index in [1.807, 2.05) is 4.90 Å². The quantitative estimate of drug-likeness (QED) is 0.820. The van der Waals surface area contributed by atoms with E-state index in [1.54, 1.807) is 6.07 Å². The summed E-state index contributed by atoms with van der Waals surface area (Å²) in [7, 11) is 0. The van der Waals surface area contributed by atoms with E-state index in [0.717, 1.165) is 25.7 Å². The van der Waals surface area contributed by atoms with Gasteiger partial charge < -0.3 is 10.2 Å². The van der Waals surface area contributed by atoms with Crippen molar-refractivity contribution >= 4 is 11.8 Å². The number of likely N-dealkylation sites (tertiary alicyclic amines) is 1. The number of nitrogens with one attached hydrogen (secondary N) is 1. The molecule has 0 unspecified atom stereocenters. The van der Waals surface area contributed by atoms with Gasteiger partial charge in [0.15, 0.2) is 0 Å². The molecular weight excluding hydrogens is 256 g/mol. The van der Waals surface area contributed by atoms with E-state index in [1.165, 1.54) is 12.4 Å². The van der Waals surface area contributed by atoms with Gasteiger partial charge in [0.1, 0.15) is 0 Å². The Labute approximate surface area is 117 Å². The van der Waals surface area contributed by atoms with E-state index in [9.17, 15) is 9.59 Å². The average Bonchev–Trinajstić information content (AvgIpc) is 2.48. The predicted molar refractivity (Wildman–Crippen MR) is 71.9 cm³/mol. The fraction of sp³-hybridized carbons (Fsp3) is 0.571. The van der Waals surface area contributed by atoms with E-state index < -0.39 is 0 Å². The van der Waals surface area contributed by atoms with Gasteiger partial charge >= 0.3 is 0 Å². The van der Waals surface area contributed by atoms with Crippen LogP contribution in [0.25, 0.3) is 0 Å². The summed E-state index contributed by atoms with van der Waals surface area (Å²) in [6.07, 6.45) is 7.31. The molecule has 1 N–H and O–H groups in total. The summed E-state index contributed by atoms with van der Waals surface area (Å²) in [6.45, 7) is 1.36. The van der Waals surface area contributed by atoms with E-state index in [2.05, 4.69) is 15.5 Å². The number of nitrogens with zero attached hydrogens (tertiary/aromatic N) is 3. The summed E-state index contributed by atoms with van der Waals surface area (Å²) < 4.78 is 0. The first-order valence-corrected chi connectivity index (χ1v) is 7.06. The lowest BCUT2D eigenvalue weighted by atomic mass is 9.80. The van der Waals surface area contributed by atoms with Crippen LogP contribution in [-0.4, -0.2) is 45.5 Å². The normalized spacial score (nSPS) is 21.6. The molecule has 1 aromatic rings. The topological polar surface area (TPSA) is 75.2 Å². The minimum absolute atomic E-state index is 0.00288. The van der Waals surface area contributed by atoms with Crippen LogP contribution < -0.4 is 5.32 Å². The zero-order valence-electron chi connectivity index (χ0n) is 11.3. The summed E-state index contributed by atoms with van der Waals surface area (Å²) in [5, 5.41) is 10.6. The molecule has 0 aromatic carbocycles. The molecule has 2 aliphatic heterocycles. The van der Waals surface area contributed by atoms with Gasteiger partial charge in [0.05, 0.1) is 18.0 Å². The smallest absolute Gasteiger partial charge is 0.255 e. The summed E-state index contributed by atoms with van der Waals surface area (Å²) in [4.78, 5) is 25.7. The summed E-state index contributed by atoms with van der Waals surface area (Å²) >= 11 is 0. The molecular formula is C14H18N4O2. The molecule has 1 spiro atoms. The molecule has 6 nitrogen and oxygen atoms in total. The number of aromatic nitrogens is 2. The predicted octanol–water partition coefficient (Wildman–Crippen LogP) is 0.751. The van der Waals surface area contributed by atoms with Gasteiger partial charge in [-0.25, -0.2) is 0 Å². The lowest BCUT2D eigenvalue weighted by Crippen LogP contribution is -2.58. The van der Waals surface area contributed by atoms with Gasteiger partial charge in [0, 0.05) is 25.0 Å². The van der Waals surface area contributed by atoms with Crippen LogP contribution in [0.3, 0.4) is 0 Å². The third kappa shape index (κ3) is 2.50. The zero-order valence-corrected chi connectivity index (χ0v) is 11.3. The maximum Gasteiger partial charge on any atom is 0.255 e. The molecule has 20 heavy (non-hydrogen) atoms. The first-order chi connectivity index (χ1) is 9.69. The molecule has 1 aromatic heterocycles. The Bertz CT molecular complexity index is 509. The van der Waals surface area contributed by atoms with Crippen molar-refractivity contribution in [3.63, 3.8) is 0 Å². The molecule has 2 fully saturated rings. The van der Waals surface area contributed by atoms with Crippen molar-refractivity contribution in [3.05, 3.63) is 24.0 Å². The first-order valence-electron chi connectivity index (χ1n) is 7.06.